The average molecular weight is 475 g/mol. The molecule has 6 rings (SSSR count). The fraction of sp³-hybridized carbons (Fsp3) is 0.931. The molecule has 33 heavy (non-hydrogen) atoms. The summed E-state index contributed by atoms with van der Waals surface area (Å²) in [5.41, 5.74) is 2.48. The molecule has 4 saturated carbocycles. The third-order valence-corrected chi connectivity index (χ3v) is 13.1. The first-order valence-corrected chi connectivity index (χ1v) is 14.4. The Bertz CT molecular complexity index is 885. The molecular formula is C29H45ClNO2+. The number of halogens is 1. The van der Waals surface area contributed by atoms with Gasteiger partial charge >= 0.3 is 5.97 Å². The molecule has 2 aliphatic heterocycles. The van der Waals surface area contributed by atoms with Crippen LogP contribution >= 0.6 is 11.6 Å². The fourth-order valence-electron chi connectivity index (χ4n) is 10.9. The van der Waals surface area contributed by atoms with Gasteiger partial charge in [-0.1, -0.05) is 27.7 Å². The summed E-state index contributed by atoms with van der Waals surface area (Å²) in [7, 11) is 0. The van der Waals surface area contributed by atoms with E-state index >= 15 is 0 Å². The normalized spacial score (nSPS) is 55.2. The third-order valence-electron chi connectivity index (χ3n) is 12.4. The van der Waals surface area contributed by atoms with Crippen molar-refractivity contribution < 1.29 is 14.1 Å². The van der Waals surface area contributed by atoms with Crippen LogP contribution in [0.4, 0.5) is 0 Å². The number of ether oxygens (including phenoxy) is 1. The van der Waals surface area contributed by atoms with Crippen LogP contribution < -0.4 is 0 Å². The quantitative estimate of drug-likeness (QED) is 0.248. The molecule has 0 amide bonds. The smallest absolute Gasteiger partial charge is 0.302 e. The molecule has 4 fully saturated rings. The first kappa shape index (κ1) is 22.9. The monoisotopic (exact) mass is 474 g/mol. The Morgan fingerprint density at radius 3 is 2.61 bits per heavy atom. The Kier molecular flexibility index (Phi) is 5.17. The number of hydrogen-bond donors (Lipinski definition) is 0. The van der Waals surface area contributed by atoms with Crippen molar-refractivity contribution >= 4 is 23.3 Å². The van der Waals surface area contributed by atoms with Crippen LogP contribution in [-0.4, -0.2) is 39.8 Å². The summed E-state index contributed by atoms with van der Waals surface area (Å²) >= 11 is 7.52. The number of carbonyl (C=O) groups excluding carboxylic acids is 1. The lowest BCUT2D eigenvalue weighted by molar-refractivity contribution is -0.573. The Hall–Kier alpha value is -0.570. The summed E-state index contributed by atoms with van der Waals surface area (Å²) in [6.45, 7) is 13.1. The second-order valence-electron chi connectivity index (χ2n) is 13.7. The molecule has 3 nitrogen and oxygen atoms in total. The van der Waals surface area contributed by atoms with E-state index < -0.39 is 0 Å². The van der Waals surface area contributed by atoms with Crippen molar-refractivity contribution in [2.45, 2.75) is 116 Å². The van der Waals surface area contributed by atoms with Gasteiger partial charge in [0.25, 0.3) is 0 Å². The van der Waals surface area contributed by atoms with Gasteiger partial charge in [-0.2, -0.15) is 0 Å². The van der Waals surface area contributed by atoms with Crippen molar-refractivity contribution in [1.29, 1.82) is 0 Å². The predicted molar refractivity (Wildman–Crippen MR) is 133 cm³/mol. The van der Waals surface area contributed by atoms with Crippen LogP contribution in [0.25, 0.3) is 0 Å². The minimum absolute atomic E-state index is 0.0141. The van der Waals surface area contributed by atoms with Gasteiger partial charge < -0.3 is 4.74 Å². The topological polar surface area (TPSA) is 29.3 Å². The van der Waals surface area contributed by atoms with Crippen LogP contribution in [-0.2, 0) is 9.53 Å². The summed E-state index contributed by atoms with van der Waals surface area (Å²) in [6, 6.07) is 0.793. The summed E-state index contributed by atoms with van der Waals surface area (Å²) in [4.78, 5) is 11.4. The van der Waals surface area contributed by atoms with E-state index in [1.165, 1.54) is 52.0 Å². The minimum atomic E-state index is -0.203. The van der Waals surface area contributed by atoms with Gasteiger partial charge in [-0.25, -0.2) is 4.58 Å². The molecule has 0 N–H and O–H groups in total. The molecule has 3 unspecified atom stereocenters. The van der Waals surface area contributed by atoms with E-state index in [0.29, 0.717) is 5.41 Å². The van der Waals surface area contributed by atoms with Crippen molar-refractivity contribution in [3.05, 3.63) is 0 Å². The average Bonchev–Trinajstić information content (AvgIpc) is 3.20. The molecule has 0 aromatic rings. The number of alkyl halides is 1. The number of hydrogen-bond acceptors (Lipinski definition) is 2. The molecule has 6 aliphatic rings. The predicted octanol–water partition coefficient (Wildman–Crippen LogP) is 6.45. The highest BCUT2D eigenvalue weighted by Gasteiger charge is 2.70. The number of fused-ring (bicyclic) bond motifs is 8. The molecule has 0 spiro atoms. The van der Waals surface area contributed by atoms with Gasteiger partial charge in [0.05, 0.1) is 4.87 Å². The van der Waals surface area contributed by atoms with Gasteiger partial charge in [-0.05, 0) is 73.5 Å². The molecule has 0 aromatic heterocycles. The van der Waals surface area contributed by atoms with Crippen molar-refractivity contribution in [2.24, 2.45) is 46.3 Å². The van der Waals surface area contributed by atoms with Gasteiger partial charge in [0.2, 0.25) is 0 Å². The molecule has 184 valence electrons. The van der Waals surface area contributed by atoms with Gasteiger partial charge in [0.1, 0.15) is 12.6 Å². The van der Waals surface area contributed by atoms with Crippen molar-refractivity contribution in [3.8, 4) is 0 Å². The van der Waals surface area contributed by atoms with Gasteiger partial charge in [0.15, 0.2) is 11.8 Å². The van der Waals surface area contributed by atoms with Gasteiger partial charge in [0, 0.05) is 43.9 Å². The molecule has 0 saturated heterocycles. The zero-order chi connectivity index (χ0) is 23.3. The van der Waals surface area contributed by atoms with E-state index in [4.69, 9.17) is 16.3 Å². The van der Waals surface area contributed by atoms with Crippen molar-refractivity contribution in [1.82, 2.24) is 0 Å². The van der Waals surface area contributed by atoms with Crippen LogP contribution in [0.3, 0.4) is 0 Å². The van der Waals surface area contributed by atoms with E-state index in [0.717, 1.165) is 67.2 Å². The zero-order valence-corrected chi connectivity index (χ0v) is 22.3. The number of nitrogens with zero attached hydrogens (tertiary/aromatic N) is 1. The molecular weight excluding hydrogens is 430 g/mol. The highest BCUT2D eigenvalue weighted by molar-refractivity contribution is 6.24. The number of esters is 1. The first-order chi connectivity index (χ1) is 15.6. The molecule has 0 radical (unpaired) electrons. The first-order valence-electron chi connectivity index (χ1n) is 14.1. The van der Waals surface area contributed by atoms with Crippen LogP contribution in [0.15, 0.2) is 0 Å². The Balaban J connectivity index is 1.28. The molecule has 2 heterocycles. The largest absolute Gasteiger partial charge is 0.462 e. The van der Waals surface area contributed by atoms with E-state index in [2.05, 4.69) is 32.3 Å². The van der Waals surface area contributed by atoms with Crippen LogP contribution in [0.1, 0.15) is 98.8 Å². The van der Waals surface area contributed by atoms with Crippen LogP contribution in [0.5, 0.6) is 0 Å². The van der Waals surface area contributed by atoms with Gasteiger partial charge in [-0.3, -0.25) is 4.79 Å². The highest BCUT2D eigenvalue weighted by atomic mass is 35.5. The molecule has 0 bridgehead atoms. The number of carbonyl (C=O) groups is 1. The van der Waals surface area contributed by atoms with Crippen molar-refractivity contribution in [3.63, 3.8) is 0 Å². The SMILES string of the molecule is CC(=O)O[C@H]1CC[C@]2(C)[C@H]3CC[C@]4(C)C5C(C)C6=[N+](C[C@@H](C)CC6)C5C[C@H]4[C@@H]3CC[C@@]2(Cl)C1. The number of rotatable bonds is 1. The fourth-order valence-corrected chi connectivity index (χ4v) is 11.4. The Labute approximate surface area is 206 Å². The Morgan fingerprint density at radius 2 is 1.85 bits per heavy atom. The summed E-state index contributed by atoms with van der Waals surface area (Å²) in [6.07, 6.45) is 12.2. The molecule has 4 aliphatic carbocycles. The van der Waals surface area contributed by atoms with E-state index in [9.17, 15) is 4.79 Å². The zero-order valence-electron chi connectivity index (χ0n) is 21.5. The van der Waals surface area contributed by atoms with E-state index in [1.54, 1.807) is 0 Å². The summed E-state index contributed by atoms with van der Waals surface area (Å²) in [5.74, 6) is 4.75. The lowest BCUT2D eigenvalue weighted by Crippen LogP contribution is -2.60. The lowest BCUT2D eigenvalue weighted by Gasteiger charge is -2.63. The molecule has 0 aromatic carbocycles. The lowest BCUT2D eigenvalue weighted by atomic mass is 9.44. The maximum Gasteiger partial charge on any atom is 0.302 e. The minimum Gasteiger partial charge on any atom is -0.462 e. The molecule has 4 heteroatoms. The summed E-state index contributed by atoms with van der Waals surface area (Å²) in [5, 5.41) is 0. The third kappa shape index (κ3) is 3.05. The van der Waals surface area contributed by atoms with E-state index in [1.807, 2.05) is 5.71 Å². The Morgan fingerprint density at radius 1 is 1.06 bits per heavy atom. The maximum atomic E-state index is 11.6. The second kappa shape index (κ2) is 7.47. The van der Waals surface area contributed by atoms with Gasteiger partial charge in [-0.15, -0.1) is 11.6 Å². The maximum absolute atomic E-state index is 11.6. The van der Waals surface area contributed by atoms with Crippen molar-refractivity contribution in [2.75, 3.05) is 6.54 Å². The van der Waals surface area contributed by atoms with Crippen LogP contribution in [0.2, 0.25) is 0 Å². The van der Waals surface area contributed by atoms with E-state index in [-0.39, 0.29) is 22.4 Å². The standard InChI is InChI=1S/C29H45ClNO2/c1-17-6-7-24-18(2)26-25(31(24)16-17)14-23-21-9-13-29(30)15-20(33-19(3)32)8-12-28(29,5)22(21)10-11-27(23,26)4/h17-18,20-23,25-26H,6-16H2,1-5H3/q+1/t17-,18?,20-,21+,22-,23-,25?,26?,27-,28+,29+/m0/s1. The second-order valence-corrected chi connectivity index (χ2v) is 14.4. The summed E-state index contributed by atoms with van der Waals surface area (Å²) < 4.78 is 8.58. The highest BCUT2D eigenvalue weighted by Crippen LogP contribution is 2.71. The molecule has 11 atom stereocenters. The van der Waals surface area contributed by atoms with Crippen LogP contribution in [0, 0.1) is 46.3 Å².